The average molecular weight is 170 g/mol. The average Bonchev–Trinajstić information content (AvgIpc) is 2.11. The predicted molar refractivity (Wildman–Crippen MR) is 55.1 cm³/mol. The van der Waals surface area contributed by atoms with E-state index < -0.39 is 0 Å². The van der Waals surface area contributed by atoms with Crippen molar-refractivity contribution in [2.75, 3.05) is 26.2 Å². The quantitative estimate of drug-likeness (QED) is 0.586. The van der Waals surface area contributed by atoms with Crippen LogP contribution in [0.15, 0.2) is 12.7 Å². The number of hydrogen-bond acceptors (Lipinski definition) is 2. The molecule has 0 aromatic rings. The summed E-state index contributed by atoms with van der Waals surface area (Å²) in [4.78, 5) is 2.37. The van der Waals surface area contributed by atoms with Crippen LogP contribution >= 0.6 is 0 Å². The molecule has 0 saturated carbocycles. The van der Waals surface area contributed by atoms with Crippen LogP contribution in [-0.2, 0) is 0 Å². The minimum absolute atomic E-state index is 0.642. The first-order valence-electron chi connectivity index (χ1n) is 4.77. The fourth-order valence-corrected chi connectivity index (χ4v) is 1.08. The number of likely N-dealkylation sites (N-methyl/N-ethyl adjacent to an activating group) is 1. The molecular formula is C10H22N2. The highest BCUT2D eigenvalue weighted by atomic mass is 15.1. The molecule has 0 aromatic heterocycles. The number of nitrogens with two attached hydrogens (primary N) is 1. The van der Waals surface area contributed by atoms with Crippen LogP contribution in [0.4, 0.5) is 0 Å². The van der Waals surface area contributed by atoms with Gasteiger partial charge in [0.25, 0.3) is 0 Å². The Kier molecular flexibility index (Phi) is 7.11. The lowest BCUT2D eigenvalue weighted by molar-refractivity contribution is 0.294. The fraction of sp³-hybridized carbons (Fsp3) is 0.800. The van der Waals surface area contributed by atoms with Gasteiger partial charge in [0.2, 0.25) is 0 Å². The monoisotopic (exact) mass is 170 g/mol. The molecular weight excluding hydrogens is 148 g/mol. The second-order valence-electron chi connectivity index (χ2n) is 3.31. The Bertz CT molecular complexity index is 112. The number of nitrogens with zero attached hydrogens (tertiary/aromatic N) is 1. The highest BCUT2D eigenvalue weighted by Crippen LogP contribution is 2.01. The van der Waals surface area contributed by atoms with Gasteiger partial charge in [0.05, 0.1) is 0 Å². The first-order chi connectivity index (χ1) is 5.74. The maximum Gasteiger partial charge on any atom is 0.0160 e. The summed E-state index contributed by atoms with van der Waals surface area (Å²) >= 11 is 0. The molecule has 2 nitrogen and oxygen atoms in total. The summed E-state index contributed by atoms with van der Waals surface area (Å²) < 4.78 is 0. The number of rotatable bonds is 7. The first kappa shape index (κ1) is 11.7. The molecule has 2 heteroatoms. The maximum absolute atomic E-state index is 5.53. The van der Waals surface area contributed by atoms with E-state index in [1.165, 1.54) is 6.42 Å². The van der Waals surface area contributed by atoms with E-state index in [4.69, 9.17) is 5.73 Å². The smallest absolute Gasteiger partial charge is 0.0160 e. The highest BCUT2D eigenvalue weighted by molar-refractivity contribution is 4.73. The Balaban J connectivity index is 3.49. The normalized spacial score (nSPS) is 13.3. The van der Waals surface area contributed by atoms with E-state index in [0.29, 0.717) is 5.92 Å². The third kappa shape index (κ3) is 5.33. The van der Waals surface area contributed by atoms with E-state index in [0.717, 1.165) is 26.2 Å². The van der Waals surface area contributed by atoms with Crippen molar-refractivity contribution in [2.24, 2.45) is 11.7 Å². The van der Waals surface area contributed by atoms with E-state index in [2.05, 4.69) is 25.3 Å². The molecule has 0 radical (unpaired) electrons. The molecule has 12 heavy (non-hydrogen) atoms. The predicted octanol–water partition coefficient (Wildman–Crippen LogP) is 1.48. The van der Waals surface area contributed by atoms with Gasteiger partial charge >= 0.3 is 0 Å². The molecule has 0 fully saturated rings. The Morgan fingerprint density at radius 1 is 1.58 bits per heavy atom. The van der Waals surface area contributed by atoms with Crippen LogP contribution in [-0.4, -0.2) is 31.1 Å². The zero-order valence-electron chi connectivity index (χ0n) is 8.42. The van der Waals surface area contributed by atoms with Crippen LogP contribution in [0.25, 0.3) is 0 Å². The maximum atomic E-state index is 5.53. The van der Waals surface area contributed by atoms with Crippen molar-refractivity contribution in [2.45, 2.75) is 20.3 Å². The molecule has 0 heterocycles. The van der Waals surface area contributed by atoms with Gasteiger partial charge in [-0.1, -0.05) is 19.9 Å². The van der Waals surface area contributed by atoms with Crippen LogP contribution in [0.1, 0.15) is 20.3 Å². The van der Waals surface area contributed by atoms with E-state index in [9.17, 15) is 0 Å². The second kappa shape index (κ2) is 7.32. The van der Waals surface area contributed by atoms with Crippen molar-refractivity contribution in [1.29, 1.82) is 0 Å². The minimum Gasteiger partial charge on any atom is -0.330 e. The van der Waals surface area contributed by atoms with E-state index in [-0.39, 0.29) is 0 Å². The van der Waals surface area contributed by atoms with Gasteiger partial charge in [-0.25, -0.2) is 0 Å². The largest absolute Gasteiger partial charge is 0.330 e. The summed E-state index contributed by atoms with van der Waals surface area (Å²) in [6.07, 6.45) is 3.15. The molecule has 0 aliphatic carbocycles. The summed E-state index contributed by atoms with van der Waals surface area (Å²) in [5.74, 6) is 0.642. The molecule has 0 saturated heterocycles. The molecule has 0 bridgehead atoms. The second-order valence-corrected chi connectivity index (χ2v) is 3.31. The van der Waals surface area contributed by atoms with Crippen molar-refractivity contribution in [1.82, 2.24) is 4.90 Å². The molecule has 0 aromatic carbocycles. The summed E-state index contributed by atoms with van der Waals surface area (Å²) in [6, 6.07) is 0. The Morgan fingerprint density at radius 3 is 2.67 bits per heavy atom. The van der Waals surface area contributed by atoms with Crippen LogP contribution < -0.4 is 5.73 Å². The molecule has 0 spiro atoms. The zero-order valence-corrected chi connectivity index (χ0v) is 8.42. The Hall–Kier alpha value is -0.340. The van der Waals surface area contributed by atoms with Crippen LogP contribution in [0.3, 0.4) is 0 Å². The lowest BCUT2D eigenvalue weighted by Gasteiger charge is -2.19. The molecule has 2 N–H and O–H groups in total. The molecule has 1 unspecified atom stereocenters. The summed E-state index contributed by atoms with van der Waals surface area (Å²) in [6.45, 7) is 12.1. The van der Waals surface area contributed by atoms with Gasteiger partial charge in [-0.15, -0.1) is 6.58 Å². The van der Waals surface area contributed by atoms with E-state index in [1.807, 2.05) is 6.08 Å². The number of hydrogen-bond donors (Lipinski definition) is 1. The minimum atomic E-state index is 0.642. The molecule has 72 valence electrons. The van der Waals surface area contributed by atoms with Gasteiger partial charge < -0.3 is 5.73 Å². The van der Waals surface area contributed by atoms with Crippen LogP contribution in [0.5, 0.6) is 0 Å². The lowest BCUT2D eigenvalue weighted by atomic mass is 10.1. The molecule has 0 aliphatic heterocycles. The lowest BCUT2D eigenvalue weighted by Crippen LogP contribution is -2.27. The SMILES string of the molecule is C=CCN(CC)CCC(C)CN. The van der Waals surface area contributed by atoms with Gasteiger partial charge in [-0.05, 0) is 32.0 Å². The third-order valence-electron chi connectivity index (χ3n) is 2.18. The van der Waals surface area contributed by atoms with Gasteiger partial charge in [0.15, 0.2) is 0 Å². The van der Waals surface area contributed by atoms with Crippen molar-refractivity contribution in [3.8, 4) is 0 Å². The van der Waals surface area contributed by atoms with Gasteiger partial charge in [-0.3, -0.25) is 4.90 Å². The van der Waals surface area contributed by atoms with Gasteiger partial charge in [0.1, 0.15) is 0 Å². The molecule has 0 aliphatic rings. The van der Waals surface area contributed by atoms with Crippen molar-refractivity contribution in [3.63, 3.8) is 0 Å². The zero-order chi connectivity index (χ0) is 9.40. The third-order valence-corrected chi connectivity index (χ3v) is 2.18. The Labute approximate surface area is 76.4 Å². The molecule has 0 rings (SSSR count). The molecule has 0 amide bonds. The van der Waals surface area contributed by atoms with E-state index >= 15 is 0 Å². The van der Waals surface area contributed by atoms with Crippen molar-refractivity contribution >= 4 is 0 Å². The van der Waals surface area contributed by atoms with E-state index in [1.54, 1.807) is 0 Å². The van der Waals surface area contributed by atoms with Crippen molar-refractivity contribution in [3.05, 3.63) is 12.7 Å². The van der Waals surface area contributed by atoms with Gasteiger partial charge in [0, 0.05) is 6.54 Å². The topological polar surface area (TPSA) is 29.3 Å². The van der Waals surface area contributed by atoms with Crippen LogP contribution in [0, 0.1) is 5.92 Å². The highest BCUT2D eigenvalue weighted by Gasteiger charge is 2.03. The van der Waals surface area contributed by atoms with Gasteiger partial charge in [-0.2, -0.15) is 0 Å². The first-order valence-corrected chi connectivity index (χ1v) is 4.77. The molecule has 1 atom stereocenters. The van der Waals surface area contributed by atoms with Crippen molar-refractivity contribution < 1.29 is 0 Å². The standard InChI is InChI=1S/C10H22N2/c1-4-7-12(5-2)8-6-10(3)9-11/h4,10H,1,5-9,11H2,2-3H3. The Morgan fingerprint density at radius 2 is 2.25 bits per heavy atom. The fourth-order valence-electron chi connectivity index (χ4n) is 1.08. The summed E-state index contributed by atoms with van der Waals surface area (Å²) in [5, 5.41) is 0. The summed E-state index contributed by atoms with van der Waals surface area (Å²) in [7, 11) is 0. The van der Waals surface area contributed by atoms with Crippen LogP contribution in [0.2, 0.25) is 0 Å². The summed E-state index contributed by atoms with van der Waals surface area (Å²) in [5.41, 5.74) is 5.53.